The topological polar surface area (TPSA) is 374 Å². The number of amides is 2. The van der Waals surface area contributed by atoms with Crippen LogP contribution in [0.2, 0.25) is 0 Å². The van der Waals surface area contributed by atoms with E-state index in [-0.39, 0.29) is 0 Å². The average molecular weight is 1480 g/mol. The SMILES string of the molecule is CC(=O)N[C@@H]1[C@H](OC2[C@@H](CO)O[C@H](OP(=O)([O-])OP(=O)([O-])OC/C=C(/C)CC/C=C(/C)CC/C=C(/C)CC/C=C(/C)CC/C=C(/C)CC/C=C(/C)CC/C=C(/C)CC/C=C(/C)CC/C=C(\C)CC/C=C(\C)CCC=C(C)C)[C@H](NC(C)=O)[C@H]2O)O[C@H](CO)[C@@H](OP(=O)([O-])OC[C@H](O)CO)[C@@H]1O. The molecule has 4 unspecified atom stereocenters. The highest BCUT2D eigenvalue weighted by Crippen LogP contribution is 2.57. The highest BCUT2D eigenvalue weighted by molar-refractivity contribution is 7.59. The number of ether oxygens (including phenoxy) is 3. The largest absolute Gasteiger partial charge is 0.756 e. The monoisotopic (exact) mass is 1480 g/mol. The Hall–Kier alpha value is -3.91. The summed E-state index contributed by atoms with van der Waals surface area (Å²) in [5.74, 6) is -1.78. The van der Waals surface area contributed by atoms with Crippen LogP contribution in [0.25, 0.3) is 0 Å². The summed E-state index contributed by atoms with van der Waals surface area (Å²) in [6, 6.07) is -3.77. The smallest absolute Gasteiger partial charge is 0.276 e. The lowest BCUT2D eigenvalue weighted by Crippen LogP contribution is -2.69. The highest BCUT2D eigenvalue weighted by Gasteiger charge is 2.54. The van der Waals surface area contributed by atoms with Crippen LogP contribution in [0, 0.1) is 0 Å². The zero-order valence-electron chi connectivity index (χ0n) is 62.4. The third kappa shape index (κ3) is 41.5. The van der Waals surface area contributed by atoms with Gasteiger partial charge in [0.15, 0.2) is 12.6 Å². The molecule has 0 saturated carbocycles. The molecule has 0 spiro atoms. The molecular formula is C74H122N2O22P3-3. The lowest BCUT2D eigenvalue weighted by molar-refractivity contribution is -0.333. The van der Waals surface area contributed by atoms with Gasteiger partial charge in [-0.1, -0.05) is 128 Å². The summed E-state index contributed by atoms with van der Waals surface area (Å²) in [5, 5.41) is 66.3. The molecule has 8 N–H and O–H groups in total. The maximum absolute atomic E-state index is 13.1. The molecule has 2 rings (SSSR count). The number of carbonyl (C=O) groups is 2. The normalized spacial score (nSPS) is 24.9. The van der Waals surface area contributed by atoms with Gasteiger partial charge in [0.05, 0.1) is 33.0 Å². The number of hydrogen-bond donors (Lipinski definition) is 8. The Morgan fingerprint density at radius 2 is 0.733 bits per heavy atom. The molecule has 2 amide bonds. The van der Waals surface area contributed by atoms with Gasteiger partial charge in [-0.15, -0.1) is 0 Å². The van der Waals surface area contributed by atoms with Crippen LogP contribution in [0.4, 0.5) is 0 Å². The molecule has 24 nitrogen and oxygen atoms in total. The van der Waals surface area contributed by atoms with Crippen LogP contribution in [0.15, 0.2) is 128 Å². The van der Waals surface area contributed by atoms with E-state index in [1.165, 1.54) is 61.8 Å². The van der Waals surface area contributed by atoms with E-state index in [4.69, 9.17) is 32.9 Å². The number of carbonyl (C=O) groups excluding carboxylic acids is 2. The zero-order chi connectivity index (χ0) is 75.9. The second-order valence-electron chi connectivity index (χ2n) is 27.2. The number of aliphatic hydroxyl groups excluding tert-OH is 6. The first kappa shape index (κ1) is 93.2. The van der Waals surface area contributed by atoms with Crippen LogP contribution in [0.5, 0.6) is 0 Å². The first-order valence-electron chi connectivity index (χ1n) is 35.4. The number of rotatable bonds is 49. The van der Waals surface area contributed by atoms with Crippen molar-refractivity contribution in [1.82, 2.24) is 10.6 Å². The van der Waals surface area contributed by atoms with Crippen LogP contribution in [-0.2, 0) is 59.9 Å². The summed E-state index contributed by atoms with van der Waals surface area (Å²) >= 11 is 0. The Morgan fingerprint density at radius 1 is 0.426 bits per heavy atom. The Kier molecular flexibility index (Phi) is 45.9. The zero-order valence-corrected chi connectivity index (χ0v) is 65.1. The van der Waals surface area contributed by atoms with Crippen molar-refractivity contribution in [3.8, 4) is 0 Å². The van der Waals surface area contributed by atoms with Gasteiger partial charge >= 0.3 is 0 Å². The Balaban J connectivity index is 1.79. The molecule has 0 aromatic carbocycles. The van der Waals surface area contributed by atoms with E-state index in [2.05, 4.69) is 149 Å². The number of phosphoric ester groups is 3. The summed E-state index contributed by atoms with van der Waals surface area (Å²) in [7, 11) is -17.2. The number of allylic oxidation sites excluding steroid dienone is 21. The van der Waals surface area contributed by atoms with Gasteiger partial charge in [0.1, 0.15) is 54.8 Å². The summed E-state index contributed by atoms with van der Waals surface area (Å²) in [6.45, 7) is 23.3. The van der Waals surface area contributed by atoms with Crippen LogP contribution in [0.1, 0.15) is 225 Å². The van der Waals surface area contributed by atoms with Gasteiger partial charge in [0.25, 0.3) is 23.5 Å². The van der Waals surface area contributed by atoms with Crippen molar-refractivity contribution < 1.29 is 105 Å². The third-order valence-corrected chi connectivity index (χ3v) is 20.6. The van der Waals surface area contributed by atoms with Gasteiger partial charge in [0, 0.05) is 13.8 Å². The second-order valence-corrected chi connectivity index (χ2v) is 31.5. The Labute approximate surface area is 602 Å². The predicted octanol–water partition coefficient (Wildman–Crippen LogP) is 12.0. The maximum Gasteiger partial charge on any atom is 0.276 e. The molecule has 0 aromatic rings. The fourth-order valence-electron chi connectivity index (χ4n) is 11.1. The van der Waals surface area contributed by atoms with E-state index in [0.29, 0.717) is 12.8 Å². The molecule has 27 heteroatoms. The van der Waals surface area contributed by atoms with Crippen LogP contribution < -0.4 is 25.3 Å². The number of hydrogen-bond acceptors (Lipinski definition) is 22. The standard InChI is InChI=1S/C74H125N2O22P3/c1-51(2)25-15-26-52(3)27-16-28-53(4)29-17-30-54(5)31-18-32-55(6)33-19-34-56(7)35-20-36-57(8)37-21-38-58(9)39-22-40-59(10)41-23-42-60(11)43-24-44-61(12)45-46-91-100(87,88)98-101(89,90)97-74-68(76-63(14)81)69(83)71(65(48-78)94-74)95-73-67(75-62(13)80)70(84)72(66(49-79)93-73)96-99(85,86)92-50-64(82)47-77/h25,27,29,31,33,35,37,39,41,43,45,64-74,77-79,82-84H,15-24,26,28,30,32,34,36,38,40,42,44,46-50H2,1-14H3,(H,75,80)(H,76,81)(H,85,86)(H,87,88)(H,89,90)/p-3/b52-27+,53-29+,54-31-,55-33-,56-35-,57-37-,58-39-,59-41-,60-43-,61-45-/t64-,65-,66-,67+,68-,69-,70-,71?,72-,73+,74-/m1/s1. The molecule has 578 valence electrons. The van der Waals surface area contributed by atoms with Crippen molar-refractivity contribution in [2.75, 3.05) is 33.0 Å². The van der Waals surface area contributed by atoms with E-state index in [1.807, 2.05) is 6.92 Å². The first-order valence-corrected chi connectivity index (χ1v) is 39.7. The lowest BCUT2D eigenvalue weighted by atomic mass is 9.94. The molecule has 0 radical (unpaired) electrons. The molecule has 0 aliphatic carbocycles. The van der Waals surface area contributed by atoms with Crippen LogP contribution in [0.3, 0.4) is 0 Å². The Bertz CT molecular complexity index is 3030. The molecule has 2 aliphatic rings. The molecule has 14 atom stereocenters. The molecule has 2 saturated heterocycles. The molecule has 2 aliphatic heterocycles. The average Bonchev–Trinajstić information content (AvgIpc) is 0.772. The minimum absolute atomic E-state index is 0.536. The highest BCUT2D eigenvalue weighted by atomic mass is 31.3. The molecule has 2 heterocycles. The van der Waals surface area contributed by atoms with Crippen LogP contribution >= 0.6 is 23.5 Å². The van der Waals surface area contributed by atoms with Gasteiger partial charge in [-0.05, 0) is 212 Å². The fourth-order valence-corrected chi connectivity index (χ4v) is 14.1. The minimum Gasteiger partial charge on any atom is -0.756 e. The predicted molar refractivity (Wildman–Crippen MR) is 388 cm³/mol. The molecular weight excluding hydrogens is 1360 g/mol. The molecule has 0 bridgehead atoms. The van der Waals surface area contributed by atoms with Crippen molar-refractivity contribution in [3.63, 3.8) is 0 Å². The van der Waals surface area contributed by atoms with Crippen molar-refractivity contribution in [1.29, 1.82) is 0 Å². The van der Waals surface area contributed by atoms with Gasteiger partial charge in [-0.3, -0.25) is 27.8 Å². The van der Waals surface area contributed by atoms with E-state index >= 15 is 0 Å². The summed E-state index contributed by atoms with van der Waals surface area (Å²) in [4.78, 5) is 63.1. The van der Waals surface area contributed by atoms with E-state index in [0.717, 1.165) is 135 Å². The second kappa shape index (κ2) is 49.8. The van der Waals surface area contributed by atoms with Crippen molar-refractivity contribution in [2.45, 2.75) is 293 Å². The Morgan fingerprint density at radius 3 is 1.06 bits per heavy atom. The van der Waals surface area contributed by atoms with E-state index in [9.17, 15) is 63.5 Å². The lowest BCUT2D eigenvalue weighted by Gasteiger charge is -2.49. The van der Waals surface area contributed by atoms with Gasteiger partial charge in [-0.25, -0.2) is 4.31 Å². The molecule has 0 aromatic heterocycles. The van der Waals surface area contributed by atoms with Crippen molar-refractivity contribution >= 4 is 35.3 Å². The quantitative estimate of drug-likeness (QED) is 0.0207. The van der Waals surface area contributed by atoms with Crippen LogP contribution in [-0.4, -0.2) is 143 Å². The van der Waals surface area contributed by atoms with Crippen molar-refractivity contribution in [3.05, 3.63) is 128 Å². The fraction of sp³-hybridized carbons (Fsp3) is 0.676. The van der Waals surface area contributed by atoms with E-state index in [1.54, 1.807) is 6.92 Å². The van der Waals surface area contributed by atoms with Gasteiger partial charge < -0.3 is 83.7 Å². The third-order valence-electron chi connectivity index (χ3n) is 17.1. The summed E-state index contributed by atoms with van der Waals surface area (Å²) < 4.78 is 78.9. The van der Waals surface area contributed by atoms with Gasteiger partial charge in [0.2, 0.25) is 11.8 Å². The maximum atomic E-state index is 13.1. The van der Waals surface area contributed by atoms with E-state index < -0.39 is 136 Å². The summed E-state index contributed by atoms with van der Waals surface area (Å²) in [6.07, 6.45) is 27.5. The first-order chi connectivity index (χ1) is 47.5. The number of nitrogens with one attached hydrogen (secondary N) is 2. The van der Waals surface area contributed by atoms with Crippen molar-refractivity contribution in [2.24, 2.45) is 0 Å². The number of aliphatic hydroxyl groups is 6. The number of phosphoric acid groups is 3. The molecule has 2 fully saturated rings. The molecule has 101 heavy (non-hydrogen) atoms. The minimum atomic E-state index is -6.04. The van der Waals surface area contributed by atoms with Gasteiger partial charge in [-0.2, -0.15) is 0 Å². The summed E-state index contributed by atoms with van der Waals surface area (Å²) in [5.41, 5.74) is 14.9.